The van der Waals surface area contributed by atoms with E-state index in [1.807, 2.05) is 54.1 Å². The molecule has 1 unspecified atom stereocenters. The van der Waals surface area contributed by atoms with Crippen LogP contribution in [0.15, 0.2) is 58.4 Å². The predicted octanol–water partition coefficient (Wildman–Crippen LogP) is 3.44. The lowest BCUT2D eigenvalue weighted by atomic mass is 10.1. The van der Waals surface area contributed by atoms with E-state index in [-0.39, 0.29) is 17.4 Å². The minimum absolute atomic E-state index is 0.113. The highest BCUT2D eigenvalue weighted by Gasteiger charge is 2.26. The Hall–Kier alpha value is -3.72. The molecule has 3 heterocycles. The summed E-state index contributed by atoms with van der Waals surface area (Å²) in [6, 6.07) is 11.6. The molecule has 4 aromatic rings. The molecule has 2 N–H and O–H groups in total. The third-order valence-electron chi connectivity index (χ3n) is 6.98. The fourth-order valence-corrected chi connectivity index (χ4v) is 4.98. The number of aromatic nitrogens is 5. The standard InChI is InChI=1S/C28H37N7O2/c1-5-16-34-27(36)25-26(33(28(34)37)17-14-21-10-12-23(29)13-11-21)31-24(18-22-9-8-15-30-19-22)35(25)20(4)32(6-2)7-3/h8-13,15,19-20H,5-7,14,16-18,29H2,1-4H3. The SMILES string of the molecule is CCCn1c(=O)c2c(nc(Cc3cccnc3)n2C(C)N(CC)CC)n(CCc2ccc(N)cc2)c1=O. The van der Waals surface area contributed by atoms with E-state index in [1.54, 1.807) is 10.8 Å². The molecular weight excluding hydrogens is 466 g/mol. The van der Waals surface area contributed by atoms with E-state index in [2.05, 4.69) is 30.7 Å². The Morgan fingerprint density at radius 1 is 0.973 bits per heavy atom. The first-order valence-corrected chi connectivity index (χ1v) is 13.1. The van der Waals surface area contributed by atoms with Gasteiger partial charge in [-0.05, 0) is 62.2 Å². The van der Waals surface area contributed by atoms with Gasteiger partial charge >= 0.3 is 5.69 Å². The van der Waals surface area contributed by atoms with Gasteiger partial charge in [-0.1, -0.05) is 39.0 Å². The average Bonchev–Trinajstić information content (AvgIpc) is 3.27. The van der Waals surface area contributed by atoms with Gasteiger partial charge in [-0.25, -0.2) is 9.78 Å². The van der Waals surface area contributed by atoms with Crippen molar-refractivity contribution in [2.24, 2.45) is 0 Å². The van der Waals surface area contributed by atoms with Crippen LogP contribution in [0.5, 0.6) is 0 Å². The van der Waals surface area contributed by atoms with E-state index in [0.29, 0.717) is 49.2 Å². The molecule has 0 spiro atoms. The molecule has 9 heteroatoms. The van der Waals surface area contributed by atoms with Gasteiger partial charge in [0.2, 0.25) is 0 Å². The third-order valence-corrected chi connectivity index (χ3v) is 6.98. The molecule has 0 fully saturated rings. The van der Waals surface area contributed by atoms with Crippen molar-refractivity contribution in [1.82, 2.24) is 28.6 Å². The molecule has 0 aliphatic rings. The number of nitrogens with zero attached hydrogens (tertiary/aromatic N) is 6. The van der Waals surface area contributed by atoms with Crippen LogP contribution in [-0.4, -0.2) is 41.7 Å². The lowest BCUT2D eigenvalue weighted by Gasteiger charge is -2.29. The number of fused-ring (bicyclic) bond motifs is 1. The second-order valence-electron chi connectivity index (χ2n) is 9.34. The van der Waals surface area contributed by atoms with Crippen LogP contribution < -0.4 is 17.0 Å². The zero-order chi connectivity index (χ0) is 26.5. The smallest absolute Gasteiger partial charge is 0.332 e. The second kappa shape index (κ2) is 11.6. The fraction of sp³-hybridized carbons (Fsp3) is 0.429. The molecule has 0 aliphatic carbocycles. The summed E-state index contributed by atoms with van der Waals surface area (Å²) < 4.78 is 5.07. The number of anilines is 1. The number of pyridine rings is 1. The van der Waals surface area contributed by atoms with Crippen molar-refractivity contribution in [3.63, 3.8) is 0 Å². The quantitative estimate of drug-likeness (QED) is 0.315. The fourth-order valence-electron chi connectivity index (χ4n) is 4.98. The number of hydrogen-bond acceptors (Lipinski definition) is 6. The van der Waals surface area contributed by atoms with Crippen LogP contribution >= 0.6 is 0 Å². The predicted molar refractivity (Wildman–Crippen MR) is 148 cm³/mol. The zero-order valence-electron chi connectivity index (χ0n) is 22.2. The van der Waals surface area contributed by atoms with E-state index >= 15 is 0 Å². The molecule has 1 atom stereocenters. The van der Waals surface area contributed by atoms with Crippen LogP contribution in [0.1, 0.15) is 57.2 Å². The molecule has 0 bridgehead atoms. The summed E-state index contributed by atoms with van der Waals surface area (Å²) in [6.45, 7) is 10.7. The molecule has 37 heavy (non-hydrogen) atoms. The van der Waals surface area contributed by atoms with E-state index < -0.39 is 0 Å². The molecular formula is C28H37N7O2. The van der Waals surface area contributed by atoms with E-state index in [0.717, 1.165) is 30.0 Å². The second-order valence-corrected chi connectivity index (χ2v) is 9.34. The Morgan fingerprint density at radius 2 is 1.70 bits per heavy atom. The summed E-state index contributed by atoms with van der Waals surface area (Å²) in [7, 11) is 0. The van der Waals surface area contributed by atoms with Crippen molar-refractivity contribution in [2.45, 2.75) is 66.2 Å². The molecule has 0 saturated heterocycles. The molecule has 0 radical (unpaired) electrons. The number of nitrogen functional groups attached to an aromatic ring is 1. The van der Waals surface area contributed by atoms with Gasteiger partial charge < -0.3 is 10.3 Å². The van der Waals surface area contributed by atoms with Gasteiger partial charge in [0.1, 0.15) is 5.82 Å². The summed E-state index contributed by atoms with van der Waals surface area (Å²) >= 11 is 0. The topological polar surface area (TPSA) is 104 Å². The maximum Gasteiger partial charge on any atom is 0.332 e. The molecule has 0 aliphatic heterocycles. The van der Waals surface area contributed by atoms with Gasteiger partial charge in [0.15, 0.2) is 11.2 Å². The van der Waals surface area contributed by atoms with Gasteiger partial charge in [-0.15, -0.1) is 0 Å². The first-order chi connectivity index (χ1) is 17.9. The molecule has 0 saturated carbocycles. The van der Waals surface area contributed by atoms with Gasteiger partial charge in [0.25, 0.3) is 5.56 Å². The van der Waals surface area contributed by atoms with Crippen molar-refractivity contribution in [3.8, 4) is 0 Å². The van der Waals surface area contributed by atoms with E-state index in [1.165, 1.54) is 4.57 Å². The van der Waals surface area contributed by atoms with Crippen LogP contribution in [0.2, 0.25) is 0 Å². The summed E-state index contributed by atoms with van der Waals surface area (Å²) in [4.78, 5) is 38.9. The van der Waals surface area contributed by atoms with E-state index in [4.69, 9.17) is 10.7 Å². The van der Waals surface area contributed by atoms with Gasteiger partial charge in [-0.2, -0.15) is 0 Å². The number of aryl methyl sites for hydroxylation is 2. The first-order valence-electron chi connectivity index (χ1n) is 13.1. The van der Waals surface area contributed by atoms with Crippen molar-refractivity contribution < 1.29 is 0 Å². The highest BCUT2D eigenvalue weighted by molar-refractivity contribution is 5.71. The molecule has 1 aromatic carbocycles. The van der Waals surface area contributed by atoms with Crippen molar-refractivity contribution >= 4 is 16.9 Å². The zero-order valence-corrected chi connectivity index (χ0v) is 22.2. The Morgan fingerprint density at radius 3 is 2.32 bits per heavy atom. The highest BCUT2D eigenvalue weighted by Crippen LogP contribution is 2.23. The lowest BCUT2D eigenvalue weighted by Crippen LogP contribution is -2.41. The minimum Gasteiger partial charge on any atom is -0.399 e. The molecule has 0 amide bonds. The first kappa shape index (κ1) is 26.3. The number of hydrogen-bond donors (Lipinski definition) is 1. The molecule has 9 nitrogen and oxygen atoms in total. The third kappa shape index (κ3) is 5.36. The van der Waals surface area contributed by atoms with Crippen LogP contribution in [0.3, 0.4) is 0 Å². The van der Waals surface area contributed by atoms with Crippen LogP contribution in [0.4, 0.5) is 5.69 Å². The van der Waals surface area contributed by atoms with Gasteiger partial charge in [0.05, 0.1) is 6.17 Å². The summed E-state index contributed by atoms with van der Waals surface area (Å²) in [5.74, 6) is 0.745. The maximum atomic E-state index is 13.8. The lowest BCUT2D eigenvalue weighted by molar-refractivity contribution is 0.172. The van der Waals surface area contributed by atoms with Crippen molar-refractivity contribution in [1.29, 1.82) is 0 Å². The number of imidazole rings is 1. The van der Waals surface area contributed by atoms with Gasteiger partial charge in [-0.3, -0.25) is 23.8 Å². The minimum atomic E-state index is -0.317. The molecule has 4 rings (SSSR count). The Bertz CT molecular complexity index is 1450. The largest absolute Gasteiger partial charge is 0.399 e. The summed E-state index contributed by atoms with van der Waals surface area (Å²) in [6.07, 6.45) is 5.25. The van der Waals surface area contributed by atoms with Crippen LogP contribution in [-0.2, 0) is 25.9 Å². The normalized spacial score (nSPS) is 12.5. The highest BCUT2D eigenvalue weighted by atomic mass is 16.2. The Kier molecular flexibility index (Phi) is 8.23. The Labute approximate surface area is 217 Å². The summed E-state index contributed by atoms with van der Waals surface area (Å²) in [5, 5.41) is 0. The number of rotatable bonds is 11. The van der Waals surface area contributed by atoms with E-state index in [9.17, 15) is 9.59 Å². The van der Waals surface area contributed by atoms with Crippen LogP contribution in [0, 0.1) is 0 Å². The number of benzene rings is 1. The van der Waals surface area contributed by atoms with Gasteiger partial charge in [0, 0.05) is 37.6 Å². The van der Waals surface area contributed by atoms with Crippen molar-refractivity contribution in [2.75, 3.05) is 18.8 Å². The molecule has 196 valence electrons. The average molecular weight is 504 g/mol. The molecule has 3 aromatic heterocycles. The maximum absolute atomic E-state index is 13.8. The summed E-state index contributed by atoms with van der Waals surface area (Å²) in [5.41, 5.74) is 8.92. The monoisotopic (exact) mass is 503 g/mol. The van der Waals surface area contributed by atoms with Crippen LogP contribution in [0.25, 0.3) is 11.2 Å². The number of nitrogens with two attached hydrogens (primary N) is 1. The van der Waals surface area contributed by atoms with Crippen molar-refractivity contribution in [3.05, 3.63) is 86.6 Å². The Balaban J connectivity index is 1.95.